The van der Waals surface area contributed by atoms with Gasteiger partial charge in [0, 0.05) is 18.2 Å². The topological polar surface area (TPSA) is 20.3 Å². The lowest BCUT2D eigenvalue weighted by molar-refractivity contribution is 0.0722. The van der Waals surface area contributed by atoms with E-state index < -0.39 is 0 Å². The lowest BCUT2D eigenvalue weighted by Gasteiger charge is -2.26. The molecule has 1 atom stereocenters. The summed E-state index contributed by atoms with van der Waals surface area (Å²) >= 11 is 0. The van der Waals surface area contributed by atoms with Gasteiger partial charge in [0.1, 0.15) is 0 Å². The zero-order valence-corrected chi connectivity index (χ0v) is 10.7. The molecular formula is C15H21NO. The first-order chi connectivity index (χ1) is 8.18. The highest BCUT2D eigenvalue weighted by molar-refractivity contribution is 5.94. The molecule has 1 amide bonds. The maximum atomic E-state index is 12.4. The molecule has 17 heavy (non-hydrogen) atoms. The van der Waals surface area contributed by atoms with Crippen LogP contribution >= 0.6 is 0 Å². The minimum atomic E-state index is 0.203. The van der Waals surface area contributed by atoms with Crippen LogP contribution in [-0.4, -0.2) is 23.4 Å². The van der Waals surface area contributed by atoms with Crippen LogP contribution < -0.4 is 0 Å². The van der Waals surface area contributed by atoms with E-state index in [4.69, 9.17) is 0 Å². The van der Waals surface area contributed by atoms with Gasteiger partial charge in [0.2, 0.25) is 0 Å². The van der Waals surface area contributed by atoms with Crippen LogP contribution in [-0.2, 0) is 0 Å². The third-order valence-electron chi connectivity index (χ3n) is 3.40. The highest BCUT2D eigenvalue weighted by Crippen LogP contribution is 2.25. The molecule has 2 nitrogen and oxygen atoms in total. The van der Waals surface area contributed by atoms with Crippen molar-refractivity contribution in [3.05, 3.63) is 35.9 Å². The minimum Gasteiger partial charge on any atom is -0.336 e. The van der Waals surface area contributed by atoms with Crippen LogP contribution in [0.1, 0.15) is 43.5 Å². The minimum absolute atomic E-state index is 0.203. The maximum absolute atomic E-state index is 12.4. The van der Waals surface area contributed by atoms with Crippen molar-refractivity contribution in [1.82, 2.24) is 4.90 Å². The first-order valence-electron chi connectivity index (χ1n) is 6.54. The van der Waals surface area contributed by atoms with Crippen LogP contribution in [0, 0.1) is 5.92 Å². The second-order valence-electron chi connectivity index (χ2n) is 5.29. The molecule has 1 heterocycles. The van der Waals surface area contributed by atoms with Gasteiger partial charge in [-0.3, -0.25) is 4.79 Å². The number of rotatable bonds is 3. The molecule has 1 fully saturated rings. The lowest BCUT2D eigenvalue weighted by Crippen LogP contribution is -2.36. The standard InChI is InChI=1S/C15H21NO/c1-12(2)11-14-9-6-10-16(14)15(17)13-7-4-3-5-8-13/h3-5,7-8,12,14H,6,9-11H2,1-2H3. The molecule has 1 aromatic rings. The van der Waals surface area contributed by atoms with Crippen molar-refractivity contribution in [2.75, 3.05) is 6.54 Å². The molecular weight excluding hydrogens is 210 g/mol. The Morgan fingerprint density at radius 2 is 2.06 bits per heavy atom. The Bertz CT molecular complexity index is 372. The monoisotopic (exact) mass is 231 g/mol. The van der Waals surface area contributed by atoms with Gasteiger partial charge in [0.25, 0.3) is 5.91 Å². The van der Waals surface area contributed by atoms with Gasteiger partial charge < -0.3 is 4.90 Å². The number of benzene rings is 1. The molecule has 1 aliphatic rings. The predicted octanol–water partition coefficient (Wildman–Crippen LogP) is 3.34. The number of amides is 1. The molecule has 2 rings (SSSR count). The summed E-state index contributed by atoms with van der Waals surface area (Å²) in [7, 11) is 0. The van der Waals surface area contributed by atoms with Crippen LogP contribution in [0.25, 0.3) is 0 Å². The molecule has 1 unspecified atom stereocenters. The van der Waals surface area contributed by atoms with Crippen LogP contribution in [0.5, 0.6) is 0 Å². The van der Waals surface area contributed by atoms with Gasteiger partial charge in [0.15, 0.2) is 0 Å². The van der Waals surface area contributed by atoms with Crippen LogP contribution in [0.4, 0.5) is 0 Å². The Labute approximate surface area is 104 Å². The van der Waals surface area contributed by atoms with Crippen LogP contribution in [0.3, 0.4) is 0 Å². The normalized spacial score (nSPS) is 19.9. The van der Waals surface area contributed by atoms with Gasteiger partial charge in [-0.1, -0.05) is 32.0 Å². The van der Waals surface area contributed by atoms with E-state index in [0.29, 0.717) is 12.0 Å². The maximum Gasteiger partial charge on any atom is 0.254 e. The zero-order valence-electron chi connectivity index (χ0n) is 10.7. The molecule has 0 aromatic heterocycles. The molecule has 0 bridgehead atoms. The van der Waals surface area contributed by atoms with Crippen molar-refractivity contribution in [2.24, 2.45) is 5.92 Å². The smallest absolute Gasteiger partial charge is 0.254 e. The van der Waals surface area contributed by atoms with E-state index in [-0.39, 0.29) is 5.91 Å². The van der Waals surface area contributed by atoms with E-state index in [1.807, 2.05) is 30.3 Å². The second-order valence-corrected chi connectivity index (χ2v) is 5.29. The van der Waals surface area contributed by atoms with Gasteiger partial charge in [-0.25, -0.2) is 0 Å². The quantitative estimate of drug-likeness (QED) is 0.781. The number of nitrogens with zero attached hydrogens (tertiary/aromatic N) is 1. The lowest BCUT2D eigenvalue weighted by atomic mass is 10.0. The molecule has 0 saturated carbocycles. The molecule has 1 aromatic carbocycles. The SMILES string of the molecule is CC(C)CC1CCCN1C(=O)c1ccccc1. The van der Waals surface area contributed by atoms with Gasteiger partial charge in [-0.2, -0.15) is 0 Å². The number of carbonyl (C=O) groups is 1. The van der Waals surface area contributed by atoms with Gasteiger partial charge in [-0.15, -0.1) is 0 Å². The first-order valence-corrected chi connectivity index (χ1v) is 6.54. The van der Waals surface area contributed by atoms with E-state index in [0.717, 1.165) is 31.4 Å². The average Bonchev–Trinajstić information content (AvgIpc) is 2.76. The molecule has 1 aliphatic heterocycles. The molecule has 2 heteroatoms. The summed E-state index contributed by atoms with van der Waals surface area (Å²) in [5.41, 5.74) is 0.822. The van der Waals surface area contributed by atoms with Crippen molar-refractivity contribution in [3.63, 3.8) is 0 Å². The summed E-state index contributed by atoms with van der Waals surface area (Å²) < 4.78 is 0. The van der Waals surface area contributed by atoms with Crippen LogP contribution in [0.2, 0.25) is 0 Å². The van der Waals surface area contributed by atoms with E-state index in [1.54, 1.807) is 0 Å². The Morgan fingerprint density at radius 1 is 1.35 bits per heavy atom. The fourth-order valence-electron chi connectivity index (χ4n) is 2.64. The first kappa shape index (κ1) is 12.2. The third-order valence-corrected chi connectivity index (χ3v) is 3.40. The van der Waals surface area contributed by atoms with Crippen molar-refractivity contribution in [2.45, 2.75) is 39.2 Å². The van der Waals surface area contributed by atoms with E-state index in [2.05, 4.69) is 18.7 Å². The Balaban J connectivity index is 2.08. The summed E-state index contributed by atoms with van der Waals surface area (Å²) in [5, 5.41) is 0. The second kappa shape index (κ2) is 5.35. The van der Waals surface area contributed by atoms with E-state index >= 15 is 0 Å². The summed E-state index contributed by atoms with van der Waals surface area (Å²) in [5.74, 6) is 0.859. The zero-order chi connectivity index (χ0) is 12.3. The fourth-order valence-corrected chi connectivity index (χ4v) is 2.64. The van der Waals surface area contributed by atoms with E-state index in [1.165, 1.54) is 0 Å². The Morgan fingerprint density at radius 3 is 2.71 bits per heavy atom. The van der Waals surface area contributed by atoms with Gasteiger partial charge >= 0.3 is 0 Å². The summed E-state index contributed by atoms with van der Waals surface area (Å²) in [4.78, 5) is 14.4. The molecule has 0 radical (unpaired) electrons. The molecule has 0 N–H and O–H groups in total. The van der Waals surface area contributed by atoms with E-state index in [9.17, 15) is 4.79 Å². The summed E-state index contributed by atoms with van der Waals surface area (Å²) in [6, 6.07) is 10.1. The predicted molar refractivity (Wildman–Crippen MR) is 70.0 cm³/mol. The van der Waals surface area contributed by atoms with Crippen molar-refractivity contribution < 1.29 is 4.79 Å². The summed E-state index contributed by atoms with van der Waals surface area (Å²) in [6.07, 6.45) is 3.44. The summed E-state index contributed by atoms with van der Waals surface area (Å²) in [6.45, 7) is 5.37. The van der Waals surface area contributed by atoms with Crippen LogP contribution in [0.15, 0.2) is 30.3 Å². The highest BCUT2D eigenvalue weighted by Gasteiger charge is 2.29. The molecule has 92 valence electrons. The largest absolute Gasteiger partial charge is 0.336 e. The number of carbonyl (C=O) groups excluding carboxylic acids is 1. The van der Waals surface area contributed by atoms with Crippen molar-refractivity contribution >= 4 is 5.91 Å². The molecule has 1 saturated heterocycles. The Hall–Kier alpha value is -1.31. The molecule has 0 aliphatic carbocycles. The third kappa shape index (κ3) is 2.87. The molecule has 0 spiro atoms. The highest BCUT2D eigenvalue weighted by atomic mass is 16.2. The number of likely N-dealkylation sites (tertiary alicyclic amines) is 1. The number of hydrogen-bond acceptors (Lipinski definition) is 1. The fraction of sp³-hybridized carbons (Fsp3) is 0.533. The van der Waals surface area contributed by atoms with Gasteiger partial charge in [0.05, 0.1) is 0 Å². The van der Waals surface area contributed by atoms with Gasteiger partial charge in [-0.05, 0) is 37.3 Å². The van der Waals surface area contributed by atoms with Crippen molar-refractivity contribution in [1.29, 1.82) is 0 Å². The van der Waals surface area contributed by atoms with Crippen molar-refractivity contribution in [3.8, 4) is 0 Å². The Kier molecular flexibility index (Phi) is 3.82. The number of hydrogen-bond donors (Lipinski definition) is 0. The average molecular weight is 231 g/mol.